The minimum Gasteiger partial charge on any atom is -0.462 e. The molecule has 6 heteroatoms. The second kappa shape index (κ2) is 65.4. The Morgan fingerprint density at radius 3 is 0.818 bits per heavy atom. The molecular weight excluding hydrogens is 949 g/mol. The van der Waals surface area contributed by atoms with Gasteiger partial charge in [0.1, 0.15) is 13.2 Å². The van der Waals surface area contributed by atoms with Crippen molar-refractivity contribution in [2.24, 2.45) is 0 Å². The summed E-state index contributed by atoms with van der Waals surface area (Å²) in [6, 6.07) is 0. The number of hydrogen-bond acceptors (Lipinski definition) is 6. The van der Waals surface area contributed by atoms with E-state index in [2.05, 4.69) is 93.7 Å². The van der Waals surface area contributed by atoms with Crippen molar-refractivity contribution in [1.29, 1.82) is 0 Å². The largest absolute Gasteiger partial charge is 0.462 e. The maximum atomic E-state index is 12.9. The topological polar surface area (TPSA) is 78.9 Å². The molecule has 1 unspecified atom stereocenters. The summed E-state index contributed by atoms with van der Waals surface area (Å²) in [5.41, 5.74) is 0. The van der Waals surface area contributed by atoms with Crippen molar-refractivity contribution in [2.75, 3.05) is 13.2 Å². The van der Waals surface area contributed by atoms with Gasteiger partial charge in [0.15, 0.2) is 6.10 Å². The molecule has 0 fully saturated rings. The van der Waals surface area contributed by atoms with Crippen molar-refractivity contribution in [3.63, 3.8) is 0 Å². The minimum absolute atomic E-state index is 0.0853. The molecule has 0 aliphatic rings. The van der Waals surface area contributed by atoms with Gasteiger partial charge in [-0.2, -0.15) is 0 Å². The molecule has 0 radical (unpaired) electrons. The predicted octanol–water partition coefficient (Wildman–Crippen LogP) is 22.9. The van der Waals surface area contributed by atoms with Crippen LogP contribution in [0, 0.1) is 0 Å². The average Bonchev–Trinajstić information content (AvgIpc) is 3.43. The van der Waals surface area contributed by atoms with Gasteiger partial charge >= 0.3 is 17.9 Å². The van der Waals surface area contributed by atoms with E-state index >= 15 is 0 Å². The quantitative estimate of drug-likeness (QED) is 0.0261. The van der Waals surface area contributed by atoms with E-state index in [0.29, 0.717) is 19.3 Å². The van der Waals surface area contributed by atoms with Crippen LogP contribution in [-0.4, -0.2) is 37.2 Å². The average molecular weight is 1080 g/mol. The number of carbonyl (C=O) groups is 3. The van der Waals surface area contributed by atoms with Gasteiger partial charge < -0.3 is 14.2 Å². The van der Waals surface area contributed by atoms with Gasteiger partial charge in [-0.25, -0.2) is 0 Å². The van der Waals surface area contributed by atoms with Crippen LogP contribution in [0.1, 0.15) is 342 Å². The number of unbranched alkanes of at least 4 members (excludes halogenated alkanes) is 38. The molecular formula is C71H126O6. The van der Waals surface area contributed by atoms with Gasteiger partial charge in [0, 0.05) is 19.3 Å². The van der Waals surface area contributed by atoms with E-state index in [9.17, 15) is 14.4 Å². The number of carbonyl (C=O) groups excluding carboxylic acids is 3. The Labute approximate surface area is 478 Å². The van der Waals surface area contributed by atoms with E-state index in [1.807, 2.05) is 0 Å². The lowest BCUT2D eigenvalue weighted by atomic mass is 10.0. The fourth-order valence-electron chi connectivity index (χ4n) is 9.70. The summed E-state index contributed by atoms with van der Waals surface area (Å²) in [6.07, 6.45) is 84.9. The van der Waals surface area contributed by atoms with Crippen LogP contribution in [-0.2, 0) is 28.6 Å². The number of allylic oxidation sites excluding steroid dienone is 12. The fraction of sp³-hybridized carbons (Fsp3) is 0.789. The second-order valence-electron chi connectivity index (χ2n) is 22.4. The molecule has 0 saturated carbocycles. The van der Waals surface area contributed by atoms with Gasteiger partial charge in [-0.3, -0.25) is 14.4 Å². The van der Waals surface area contributed by atoms with Crippen molar-refractivity contribution >= 4 is 17.9 Å². The van der Waals surface area contributed by atoms with E-state index in [1.54, 1.807) is 0 Å². The standard InChI is InChI=1S/C71H126O6/c1-4-7-10-13-16-19-22-25-28-30-32-33-34-35-36-37-39-40-43-46-49-52-55-58-61-64-70(73)76-67-68(66-75-69(72)63-60-57-54-51-48-45-42-27-24-21-18-15-12-9-6-3)77-71(74)65-62-59-56-53-50-47-44-41-38-31-29-26-23-20-17-14-11-8-5-2/h8,11,17,20,26,29-30,32,38,41,47,50,68H,4-7,9-10,12-16,18-19,21-25,27-28,31,33-37,39-40,42-46,48-49,51-67H2,1-3H3/b11-8-,20-17-,29-26-,32-30-,41-38-,50-47-. The summed E-state index contributed by atoms with van der Waals surface area (Å²) in [4.78, 5) is 38.4. The Hall–Kier alpha value is -3.15. The van der Waals surface area contributed by atoms with E-state index in [1.165, 1.54) is 205 Å². The molecule has 0 bridgehead atoms. The van der Waals surface area contributed by atoms with Crippen LogP contribution in [0.4, 0.5) is 0 Å². The summed E-state index contributed by atoms with van der Waals surface area (Å²) in [5.74, 6) is -0.899. The first-order valence-electron chi connectivity index (χ1n) is 33.4. The molecule has 0 N–H and O–H groups in total. The van der Waals surface area contributed by atoms with Crippen LogP contribution in [0.15, 0.2) is 72.9 Å². The zero-order valence-corrected chi connectivity index (χ0v) is 51.2. The van der Waals surface area contributed by atoms with Crippen molar-refractivity contribution in [3.8, 4) is 0 Å². The third kappa shape index (κ3) is 63.6. The number of esters is 3. The molecule has 0 aliphatic carbocycles. The molecule has 0 rings (SSSR count). The van der Waals surface area contributed by atoms with E-state index in [0.717, 1.165) is 96.3 Å². The third-order valence-electron chi connectivity index (χ3n) is 14.7. The lowest BCUT2D eigenvalue weighted by Gasteiger charge is -2.18. The Kier molecular flexibility index (Phi) is 62.7. The van der Waals surface area contributed by atoms with Gasteiger partial charge in [-0.1, -0.05) is 306 Å². The van der Waals surface area contributed by atoms with Crippen LogP contribution < -0.4 is 0 Å². The van der Waals surface area contributed by atoms with Crippen LogP contribution in [0.5, 0.6) is 0 Å². The number of ether oxygens (including phenoxy) is 3. The molecule has 0 heterocycles. The fourth-order valence-corrected chi connectivity index (χ4v) is 9.70. The molecule has 0 aromatic carbocycles. The maximum absolute atomic E-state index is 12.9. The Morgan fingerprint density at radius 2 is 0.506 bits per heavy atom. The SMILES string of the molecule is CC/C=C\C/C=C\C/C=C\C/C=C\C/C=C\CCCCCC(=O)OC(COC(=O)CCCCCCCCCCCCCCC/C=C\CCCCCCCCCC)COC(=O)CCCCCCCCCCCCCCCCC. The highest BCUT2D eigenvalue weighted by Crippen LogP contribution is 2.17. The van der Waals surface area contributed by atoms with Gasteiger partial charge in [-0.15, -0.1) is 0 Å². The van der Waals surface area contributed by atoms with Gasteiger partial charge in [0.2, 0.25) is 0 Å². The Morgan fingerprint density at radius 1 is 0.273 bits per heavy atom. The molecule has 0 amide bonds. The van der Waals surface area contributed by atoms with Crippen molar-refractivity contribution in [2.45, 2.75) is 348 Å². The van der Waals surface area contributed by atoms with E-state index in [-0.39, 0.29) is 31.1 Å². The lowest BCUT2D eigenvalue weighted by molar-refractivity contribution is -0.167. The minimum atomic E-state index is -0.792. The number of rotatable bonds is 61. The monoisotopic (exact) mass is 1070 g/mol. The Bertz CT molecular complexity index is 1420. The van der Waals surface area contributed by atoms with Crippen LogP contribution in [0.2, 0.25) is 0 Å². The third-order valence-corrected chi connectivity index (χ3v) is 14.7. The summed E-state index contributed by atoms with van der Waals surface area (Å²) in [5, 5.41) is 0. The van der Waals surface area contributed by atoms with Crippen LogP contribution >= 0.6 is 0 Å². The summed E-state index contributed by atoms with van der Waals surface area (Å²) in [6.45, 7) is 6.55. The van der Waals surface area contributed by atoms with Gasteiger partial charge in [0.25, 0.3) is 0 Å². The highest BCUT2D eigenvalue weighted by atomic mass is 16.6. The van der Waals surface area contributed by atoms with Crippen LogP contribution in [0.3, 0.4) is 0 Å². The highest BCUT2D eigenvalue weighted by Gasteiger charge is 2.19. The zero-order valence-electron chi connectivity index (χ0n) is 51.2. The Balaban J connectivity index is 4.34. The number of hydrogen-bond donors (Lipinski definition) is 0. The van der Waals surface area contributed by atoms with Gasteiger partial charge in [-0.05, 0) is 89.9 Å². The molecule has 0 aliphatic heterocycles. The van der Waals surface area contributed by atoms with Crippen molar-refractivity contribution in [1.82, 2.24) is 0 Å². The maximum Gasteiger partial charge on any atom is 0.306 e. The first kappa shape index (κ1) is 73.8. The summed E-state index contributed by atoms with van der Waals surface area (Å²) >= 11 is 0. The predicted molar refractivity (Wildman–Crippen MR) is 335 cm³/mol. The molecule has 0 aromatic heterocycles. The first-order valence-corrected chi connectivity index (χ1v) is 33.4. The van der Waals surface area contributed by atoms with E-state index < -0.39 is 6.10 Å². The lowest BCUT2D eigenvalue weighted by Crippen LogP contribution is -2.30. The first-order chi connectivity index (χ1) is 38.0. The zero-order chi connectivity index (χ0) is 55.7. The molecule has 0 saturated heterocycles. The molecule has 0 aromatic rings. The van der Waals surface area contributed by atoms with E-state index in [4.69, 9.17) is 14.2 Å². The van der Waals surface area contributed by atoms with Gasteiger partial charge in [0.05, 0.1) is 0 Å². The summed E-state index contributed by atoms with van der Waals surface area (Å²) in [7, 11) is 0. The molecule has 77 heavy (non-hydrogen) atoms. The second-order valence-corrected chi connectivity index (χ2v) is 22.4. The van der Waals surface area contributed by atoms with Crippen molar-refractivity contribution in [3.05, 3.63) is 72.9 Å². The normalized spacial score (nSPS) is 12.5. The van der Waals surface area contributed by atoms with Crippen LogP contribution in [0.25, 0.3) is 0 Å². The summed E-state index contributed by atoms with van der Waals surface area (Å²) < 4.78 is 16.9. The molecule has 1 atom stereocenters. The molecule has 446 valence electrons. The van der Waals surface area contributed by atoms with Crippen molar-refractivity contribution < 1.29 is 28.6 Å². The molecule has 6 nitrogen and oxygen atoms in total. The smallest absolute Gasteiger partial charge is 0.306 e. The molecule has 0 spiro atoms. The highest BCUT2D eigenvalue weighted by molar-refractivity contribution is 5.71.